The van der Waals surface area contributed by atoms with Crippen LogP contribution in [0.4, 0.5) is 14.5 Å². The number of carbonyl (C=O) groups excluding carboxylic acids is 1. The van der Waals surface area contributed by atoms with Gasteiger partial charge in [-0.25, -0.2) is 10.0 Å². The molecule has 0 saturated heterocycles. The first-order chi connectivity index (χ1) is 15.4. The lowest BCUT2D eigenvalue weighted by atomic mass is 10.0. The Labute approximate surface area is 186 Å². The number of nitriles is 1. The molecular formula is C20H17ClF2N6O3. The maximum absolute atomic E-state index is 12.5. The van der Waals surface area contributed by atoms with Crippen LogP contribution in [0, 0.1) is 11.5 Å². The molecule has 0 radical (unpaired) electrons. The number of aliphatic hydroxyl groups excluding tert-OH is 1. The molecule has 12 heteroatoms. The summed E-state index contributed by atoms with van der Waals surface area (Å²) < 4.78 is 29.3. The van der Waals surface area contributed by atoms with Gasteiger partial charge in [0.2, 0.25) is 11.9 Å². The molecular weight excluding hydrogens is 446 g/mol. The van der Waals surface area contributed by atoms with Gasteiger partial charge < -0.3 is 15.2 Å². The van der Waals surface area contributed by atoms with E-state index in [1.54, 1.807) is 30.5 Å². The molecule has 0 aromatic heterocycles. The van der Waals surface area contributed by atoms with Gasteiger partial charge in [-0.2, -0.15) is 19.1 Å². The van der Waals surface area contributed by atoms with Crippen molar-refractivity contribution < 1.29 is 23.4 Å². The maximum atomic E-state index is 12.5. The summed E-state index contributed by atoms with van der Waals surface area (Å²) in [5.74, 6) is -0.714. The quantitative estimate of drug-likeness (QED) is 0.262. The fraction of sp³-hybridized carbons (Fsp3) is 0.200. The Kier molecular flexibility index (Phi) is 7.54. The molecule has 0 fully saturated rings. The number of aliphatic imine (C=N–C) groups is 1. The third-order valence-corrected chi connectivity index (χ3v) is 4.47. The first-order valence-electron chi connectivity index (χ1n) is 9.20. The fourth-order valence-corrected chi connectivity index (χ4v) is 3.05. The normalized spacial score (nSPS) is 15.9. The Bertz CT molecular complexity index is 1070. The highest BCUT2D eigenvalue weighted by Gasteiger charge is 2.31. The van der Waals surface area contributed by atoms with Crippen LogP contribution in [0.3, 0.4) is 0 Å². The second-order valence-corrected chi connectivity index (χ2v) is 6.84. The number of nitrogens with zero attached hydrogens (tertiary/aromatic N) is 4. The number of hydrogen-bond donors (Lipinski definition) is 3. The van der Waals surface area contributed by atoms with Crippen molar-refractivity contribution in [2.75, 3.05) is 13.2 Å². The number of nitrogens with one attached hydrogen (secondary N) is 2. The Morgan fingerprint density at radius 2 is 2.12 bits per heavy atom. The lowest BCUT2D eigenvalue weighted by Gasteiger charge is -2.17. The molecule has 1 aliphatic rings. The molecule has 9 nitrogen and oxygen atoms in total. The van der Waals surface area contributed by atoms with Gasteiger partial charge in [-0.1, -0.05) is 29.8 Å². The minimum Gasteiger partial charge on any atom is -0.435 e. The van der Waals surface area contributed by atoms with Crippen molar-refractivity contribution in [3.8, 4) is 11.9 Å². The van der Waals surface area contributed by atoms with Crippen molar-refractivity contribution in [3.05, 3.63) is 59.1 Å². The van der Waals surface area contributed by atoms with E-state index < -0.39 is 25.2 Å². The number of rotatable bonds is 6. The van der Waals surface area contributed by atoms with E-state index in [1.165, 1.54) is 29.3 Å². The van der Waals surface area contributed by atoms with Gasteiger partial charge in [0, 0.05) is 16.7 Å². The summed E-state index contributed by atoms with van der Waals surface area (Å²) in [5, 5.41) is 29.6. The number of halogens is 3. The summed E-state index contributed by atoms with van der Waals surface area (Å²) in [4.78, 5) is 16.1. The average Bonchev–Trinajstić information content (AvgIpc) is 3.17. The van der Waals surface area contributed by atoms with Gasteiger partial charge in [0.1, 0.15) is 12.4 Å². The predicted molar refractivity (Wildman–Crippen MR) is 113 cm³/mol. The van der Waals surface area contributed by atoms with Crippen molar-refractivity contribution in [3.63, 3.8) is 0 Å². The Balaban J connectivity index is 1.95. The van der Waals surface area contributed by atoms with Crippen LogP contribution in [0.5, 0.6) is 5.75 Å². The van der Waals surface area contributed by atoms with Gasteiger partial charge >= 0.3 is 6.61 Å². The molecule has 166 valence electrons. The summed E-state index contributed by atoms with van der Waals surface area (Å²) in [6.07, 6.45) is 1.75. The molecule has 1 amide bonds. The van der Waals surface area contributed by atoms with Crippen molar-refractivity contribution in [1.82, 2.24) is 15.6 Å². The molecule has 1 aliphatic heterocycles. The zero-order valence-electron chi connectivity index (χ0n) is 16.4. The average molecular weight is 463 g/mol. The third kappa shape index (κ3) is 5.90. The van der Waals surface area contributed by atoms with Gasteiger partial charge in [0.15, 0.2) is 6.19 Å². The van der Waals surface area contributed by atoms with Crippen molar-refractivity contribution in [1.29, 1.82) is 5.26 Å². The van der Waals surface area contributed by atoms with Crippen LogP contribution >= 0.6 is 11.6 Å². The lowest BCUT2D eigenvalue weighted by Crippen LogP contribution is -2.45. The molecule has 1 unspecified atom stereocenters. The van der Waals surface area contributed by atoms with Gasteiger partial charge in [0.05, 0.1) is 24.0 Å². The van der Waals surface area contributed by atoms with Crippen LogP contribution in [0.2, 0.25) is 5.02 Å². The summed E-state index contributed by atoms with van der Waals surface area (Å²) in [6, 6.07) is 11.7. The monoisotopic (exact) mass is 462 g/mol. The van der Waals surface area contributed by atoms with E-state index in [0.29, 0.717) is 16.3 Å². The first kappa shape index (κ1) is 22.9. The fourth-order valence-electron chi connectivity index (χ4n) is 2.92. The molecule has 3 rings (SSSR count). The summed E-state index contributed by atoms with van der Waals surface area (Å²) >= 11 is 5.94. The minimum absolute atomic E-state index is 0.00564. The molecule has 0 aliphatic carbocycles. The number of aliphatic hydroxyl groups is 1. The molecule has 0 spiro atoms. The highest BCUT2D eigenvalue weighted by molar-refractivity contribution is 6.30. The maximum Gasteiger partial charge on any atom is 0.387 e. The number of carbonyl (C=O) groups is 1. The van der Waals surface area contributed by atoms with Gasteiger partial charge in [0.25, 0.3) is 0 Å². The second kappa shape index (κ2) is 10.5. The van der Waals surface area contributed by atoms with Crippen LogP contribution in [-0.4, -0.2) is 53.5 Å². The first-order valence-corrected chi connectivity index (χ1v) is 9.58. The highest BCUT2D eigenvalue weighted by Crippen LogP contribution is 2.23. The highest BCUT2D eigenvalue weighted by atomic mass is 35.5. The van der Waals surface area contributed by atoms with E-state index in [0.717, 1.165) is 0 Å². The number of guanidine groups is 1. The van der Waals surface area contributed by atoms with Crippen molar-refractivity contribution in [2.24, 2.45) is 10.1 Å². The number of alkyl halides is 2. The number of ether oxygens (including phenoxy) is 1. The van der Waals surface area contributed by atoms with Gasteiger partial charge in [-0.15, -0.1) is 0 Å². The standard InChI is InChI=1S/C20H17ClF2N6O3/c21-13-6-4-12(5-7-13)18-16(27-17(31)10-30)9-29(28-18)20(25-11-24)26-14-2-1-3-15(8-14)32-19(22)23/h1-8,16,19,30H,9-10H2,(H,25,26)(H,27,31). The molecule has 1 heterocycles. The van der Waals surface area contributed by atoms with Crippen molar-refractivity contribution in [2.45, 2.75) is 12.7 Å². The zero-order valence-corrected chi connectivity index (χ0v) is 17.1. The summed E-state index contributed by atoms with van der Waals surface area (Å²) in [6.45, 7) is -3.62. The largest absolute Gasteiger partial charge is 0.435 e. The Morgan fingerprint density at radius 3 is 2.78 bits per heavy atom. The number of hydrazone groups is 1. The SMILES string of the molecule is N#CNC(=Nc1cccc(OC(F)F)c1)N1CC(NC(=O)CO)C(c2ccc(Cl)cc2)=N1. The Hall–Kier alpha value is -3.75. The number of benzene rings is 2. The predicted octanol–water partition coefficient (Wildman–Crippen LogP) is 2.20. The Morgan fingerprint density at radius 1 is 1.38 bits per heavy atom. The lowest BCUT2D eigenvalue weighted by molar-refractivity contribution is -0.124. The molecule has 1 atom stereocenters. The molecule has 0 saturated carbocycles. The van der Waals surface area contributed by atoms with E-state index in [9.17, 15) is 13.6 Å². The van der Waals surface area contributed by atoms with Crippen LogP contribution in [0.1, 0.15) is 5.56 Å². The van der Waals surface area contributed by atoms with E-state index in [4.69, 9.17) is 22.0 Å². The molecule has 0 bridgehead atoms. The van der Waals surface area contributed by atoms with E-state index in [2.05, 4.69) is 25.5 Å². The van der Waals surface area contributed by atoms with Crippen LogP contribution in [0.25, 0.3) is 0 Å². The minimum atomic E-state index is -2.99. The third-order valence-electron chi connectivity index (χ3n) is 4.22. The zero-order chi connectivity index (χ0) is 23.1. The molecule has 3 N–H and O–H groups in total. The summed E-state index contributed by atoms with van der Waals surface area (Å²) in [7, 11) is 0. The van der Waals surface area contributed by atoms with E-state index >= 15 is 0 Å². The smallest absolute Gasteiger partial charge is 0.387 e. The van der Waals surface area contributed by atoms with Crippen LogP contribution in [-0.2, 0) is 4.79 Å². The van der Waals surface area contributed by atoms with Gasteiger partial charge in [-0.3, -0.25) is 10.1 Å². The van der Waals surface area contributed by atoms with Crippen molar-refractivity contribution >= 4 is 34.9 Å². The molecule has 2 aromatic rings. The van der Waals surface area contributed by atoms with E-state index in [1.807, 2.05) is 0 Å². The van der Waals surface area contributed by atoms with E-state index in [-0.39, 0.29) is 23.9 Å². The number of hydrogen-bond acceptors (Lipinski definition) is 6. The van der Waals surface area contributed by atoms with Gasteiger partial charge in [-0.05, 0) is 24.3 Å². The van der Waals surface area contributed by atoms with Crippen LogP contribution < -0.4 is 15.4 Å². The summed E-state index contributed by atoms with van der Waals surface area (Å²) in [5.41, 5.74) is 1.33. The topological polar surface area (TPSA) is 122 Å². The van der Waals surface area contributed by atoms with Crippen LogP contribution in [0.15, 0.2) is 58.6 Å². The molecule has 2 aromatic carbocycles. The second-order valence-electron chi connectivity index (χ2n) is 6.40. The number of amides is 1. The molecule has 32 heavy (non-hydrogen) atoms.